The highest BCUT2D eigenvalue weighted by Gasteiger charge is 2.20. The number of sulfonamides is 3. The van der Waals surface area contributed by atoms with Crippen molar-refractivity contribution in [3.8, 4) is 68.3 Å². The van der Waals surface area contributed by atoms with Gasteiger partial charge in [-0.1, -0.05) is 124 Å². The van der Waals surface area contributed by atoms with Gasteiger partial charge in [-0.2, -0.15) is 0 Å². The predicted octanol–water partition coefficient (Wildman–Crippen LogP) is 16.6. The van der Waals surface area contributed by atoms with Crippen LogP contribution in [-0.4, -0.2) is 100.0 Å². The standard InChI is InChI=1S/3C21H15Cl2N3O3S.C4H8O2.C2H4O2/c3*1-24-30(27,28)15-5-2-4-13(10-15)29-14-8-9-18(22)17(11-14)20-16-6-3-7-19(23)21(16)26-12-25-20;1-3-6-4(2)5;1-2(3)4/h3*2-12,24H,1H3;3H2,1-2H3;1H3,(H,3,4). The average molecular weight is 1530 g/mol. The molecule has 22 nitrogen and oxygen atoms in total. The Morgan fingerprint density at radius 3 is 0.880 bits per heavy atom. The van der Waals surface area contributed by atoms with Crippen molar-refractivity contribution >= 4 is 144 Å². The molecule has 12 rings (SSSR count). The third kappa shape index (κ3) is 19.8. The van der Waals surface area contributed by atoms with Crippen molar-refractivity contribution in [2.45, 2.75) is 35.5 Å². The van der Waals surface area contributed by atoms with Crippen molar-refractivity contribution < 1.29 is 58.9 Å². The highest BCUT2D eigenvalue weighted by atomic mass is 35.5. The number of fused-ring (bicyclic) bond motifs is 3. The van der Waals surface area contributed by atoms with Crippen molar-refractivity contribution in [1.29, 1.82) is 0 Å². The second-order valence-corrected chi connectivity index (χ2v) is 28.4. The molecule has 0 bridgehead atoms. The number of nitrogens with one attached hydrogen (secondary N) is 3. The number of carboxylic acids is 1. The van der Waals surface area contributed by atoms with Gasteiger partial charge in [0.05, 0.1) is 85.1 Å². The van der Waals surface area contributed by atoms with Gasteiger partial charge in [0.1, 0.15) is 53.5 Å². The summed E-state index contributed by atoms with van der Waals surface area (Å²) in [5.41, 5.74) is 5.64. The lowest BCUT2D eigenvalue weighted by Crippen LogP contribution is -2.18. The van der Waals surface area contributed by atoms with E-state index in [9.17, 15) is 30.0 Å². The third-order valence-electron chi connectivity index (χ3n) is 13.6. The molecular formula is C69H57Cl6N9O13S3. The number of aliphatic carboxylic acids is 1. The number of benzene rings is 9. The largest absolute Gasteiger partial charge is 0.481 e. The molecule has 12 aromatic rings. The molecule has 9 aromatic carbocycles. The lowest BCUT2D eigenvalue weighted by Gasteiger charge is -2.12. The van der Waals surface area contributed by atoms with Gasteiger partial charge < -0.3 is 24.1 Å². The van der Waals surface area contributed by atoms with Crippen molar-refractivity contribution in [3.05, 3.63) is 231 Å². The first-order chi connectivity index (χ1) is 47.7. The number of hydrogen-bond acceptors (Lipinski definition) is 18. The number of aromatic nitrogens is 6. The maximum atomic E-state index is 12.0. The van der Waals surface area contributed by atoms with Crippen LogP contribution < -0.4 is 28.4 Å². The molecule has 0 radical (unpaired) electrons. The van der Waals surface area contributed by atoms with Crippen LogP contribution in [0.25, 0.3) is 66.5 Å². The summed E-state index contributed by atoms with van der Waals surface area (Å²) in [7, 11) is -6.68. The van der Waals surface area contributed by atoms with Gasteiger partial charge in [-0.3, -0.25) is 9.59 Å². The van der Waals surface area contributed by atoms with Crippen molar-refractivity contribution in [2.75, 3.05) is 27.7 Å². The fraction of sp³-hybridized carbons (Fsp3) is 0.101. The molecule has 3 heterocycles. The van der Waals surface area contributed by atoms with Gasteiger partial charge in [-0.05, 0) is 137 Å². The Morgan fingerprint density at radius 2 is 0.640 bits per heavy atom. The van der Waals surface area contributed by atoms with Gasteiger partial charge in [-0.25, -0.2) is 69.3 Å². The number of carbonyl (C=O) groups excluding carboxylic acids is 1. The topological polar surface area (TPSA) is 307 Å². The molecule has 4 N–H and O–H groups in total. The molecule has 0 unspecified atom stereocenters. The highest BCUT2D eigenvalue weighted by molar-refractivity contribution is 7.90. The second-order valence-electron chi connectivity index (χ2n) is 20.3. The van der Waals surface area contributed by atoms with Gasteiger partial charge in [0, 0.05) is 64.9 Å². The van der Waals surface area contributed by atoms with E-state index in [1.165, 1.54) is 83.4 Å². The predicted molar refractivity (Wildman–Crippen MR) is 389 cm³/mol. The Kier molecular flexibility index (Phi) is 26.6. The van der Waals surface area contributed by atoms with Crippen LogP contribution >= 0.6 is 69.6 Å². The molecule has 0 aliphatic heterocycles. The lowest BCUT2D eigenvalue weighted by molar-refractivity contribution is -0.140. The Hall–Kier alpha value is -9.19. The van der Waals surface area contributed by atoms with Crippen LogP contribution in [0.4, 0.5) is 0 Å². The van der Waals surface area contributed by atoms with E-state index in [0.717, 1.165) is 23.1 Å². The molecular weight excluding hydrogens is 1470 g/mol. The molecule has 0 saturated carbocycles. The summed E-state index contributed by atoms with van der Waals surface area (Å²) in [5.74, 6) is 1.49. The van der Waals surface area contributed by atoms with E-state index >= 15 is 0 Å². The van der Waals surface area contributed by atoms with Gasteiger partial charge in [-0.15, -0.1) is 0 Å². The van der Waals surface area contributed by atoms with Gasteiger partial charge in [0.15, 0.2) is 0 Å². The maximum absolute atomic E-state index is 12.0. The van der Waals surface area contributed by atoms with Crippen LogP contribution in [0, 0.1) is 0 Å². The number of esters is 1. The normalized spacial score (nSPS) is 11.1. The summed E-state index contributed by atoms with van der Waals surface area (Å²) in [4.78, 5) is 45.0. The van der Waals surface area contributed by atoms with Gasteiger partial charge in [0.25, 0.3) is 5.97 Å². The first-order valence-electron chi connectivity index (χ1n) is 29.2. The molecule has 0 fully saturated rings. The van der Waals surface area contributed by atoms with E-state index in [-0.39, 0.29) is 20.7 Å². The molecule has 0 amide bonds. The minimum atomic E-state index is -3.58. The molecule has 0 spiro atoms. The summed E-state index contributed by atoms with van der Waals surface area (Å²) in [6, 6.07) is 50.4. The zero-order chi connectivity index (χ0) is 72.5. The number of carboxylic acid groups (broad SMARTS) is 1. The van der Waals surface area contributed by atoms with E-state index in [4.69, 9.17) is 93.7 Å². The van der Waals surface area contributed by atoms with Gasteiger partial charge >= 0.3 is 5.97 Å². The Labute approximate surface area is 605 Å². The summed E-state index contributed by atoms with van der Waals surface area (Å²) in [6.45, 7) is 4.74. The summed E-state index contributed by atoms with van der Waals surface area (Å²) in [5, 5.41) is 12.7. The number of rotatable bonds is 16. The molecule has 3 aromatic heterocycles. The first kappa shape index (κ1) is 76.6. The number of ether oxygens (including phenoxy) is 4. The van der Waals surface area contributed by atoms with E-state index < -0.39 is 36.0 Å². The van der Waals surface area contributed by atoms with E-state index in [2.05, 4.69) is 48.8 Å². The fourth-order valence-corrected chi connectivity index (χ4v) is 12.7. The second kappa shape index (κ2) is 34.7. The van der Waals surface area contributed by atoms with Crippen LogP contribution in [0.15, 0.2) is 216 Å². The fourth-order valence-electron chi connectivity index (χ4n) is 9.13. The lowest BCUT2D eigenvalue weighted by atomic mass is 10.1. The Bertz CT molecular complexity index is 4860. The summed E-state index contributed by atoms with van der Waals surface area (Å²) >= 11 is 38.1. The van der Waals surface area contributed by atoms with Crippen molar-refractivity contribution in [3.63, 3.8) is 0 Å². The molecule has 0 saturated heterocycles. The quantitative estimate of drug-likeness (QED) is 0.0653. The smallest absolute Gasteiger partial charge is 0.302 e. The molecule has 0 aliphatic rings. The van der Waals surface area contributed by atoms with Crippen molar-refractivity contribution in [2.24, 2.45) is 0 Å². The van der Waals surface area contributed by atoms with Crippen LogP contribution in [0.5, 0.6) is 34.5 Å². The maximum Gasteiger partial charge on any atom is 0.302 e. The molecule has 100 heavy (non-hydrogen) atoms. The number of hydrogen-bond donors (Lipinski definition) is 4. The third-order valence-corrected chi connectivity index (χ3v) is 19.8. The SMILES string of the molecule is CC(=O)O.CCOC(C)=O.CNS(=O)(=O)c1cccc(Oc2ccc(Cl)c(-c3ncnc4c(Cl)cccc34)c2)c1.CNS(=O)(=O)c1cccc(Oc2ccc(Cl)c(-c3ncnc4c(Cl)cccc34)c2)c1.CNS(=O)(=O)c1cccc(Oc2ccc(Cl)c(-c3ncnc4c(Cl)cccc34)c2)c1. The molecule has 31 heteroatoms. The monoisotopic (exact) mass is 1530 g/mol. The van der Waals surface area contributed by atoms with Crippen molar-refractivity contribution in [1.82, 2.24) is 44.1 Å². The highest BCUT2D eigenvalue weighted by Crippen LogP contribution is 2.41. The summed E-state index contributed by atoms with van der Waals surface area (Å²) < 4.78 is 101. The average Bonchev–Trinajstić information content (AvgIpc) is 0.767. The number of halogens is 6. The minimum Gasteiger partial charge on any atom is -0.481 e. The van der Waals surface area contributed by atoms with Crippen LogP contribution in [0.3, 0.4) is 0 Å². The zero-order valence-corrected chi connectivity index (χ0v) is 60.3. The Balaban J connectivity index is 0.000000178. The van der Waals surface area contributed by atoms with E-state index in [0.29, 0.717) is 122 Å². The number of carbonyl (C=O) groups is 2. The zero-order valence-electron chi connectivity index (χ0n) is 53.3. The van der Waals surface area contributed by atoms with Crippen LogP contribution in [0.1, 0.15) is 20.8 Å². The van der Waals surface area contributed by atoms with Gasteiger partial charge in [0.2, 0.25) is 30.1 Å². The number of nitrogens with zero attached hydrogens (tertiary/aromatic N) is 6. The van der Waals surface area contributed by atoms with Crippen LogP contribution in [0.2, 0.25) is 30.1 Å². The first-order valence-corrected chi connectivity index (χ1v) is 35.9. The summed E-state index contributed by atoms with van der Waals surface area (Å²) in [6.07, 6.45) is 4.29. The Morgan fingerprint density at radius 1 is 0.380 bits per heavy atom. The number of para-hydroxylation sites is 3. The minimum absolute atomic E-state index is 0.105. The van der Waals surface area contributed by atoms with E-state index in [1.54, 1.807) is 116 Å². The molecule has 516 valence electrons. The molecule has 0 aliphatic carbocycles. The van der Waals surface area contributed by atoms with E-state index in [1.807, 2.05) is 36.4 Å². The van der Waals surface area contributed by atoms with Crippen LogP contribution in [-0.2, 0) is 44.4 Å². The molecule has 0 atom stereocenters.